The summed E-state index contributed by atoms with van der Waals surface area (Å²) in [6.45, 7) is 17.8. The minimum atomic E-state index is -4.10. The van der Waals surface area contributed by atoms with Crippen molar-refractivity contribution in [3.8, 4) is 0 Å². The number of nitrogens with zero attached hydrogens (tertiary/aromatic N) is 1. The van der Waals surface area contributed by atoms with E-state index in [1.165, 1.54) is 12.1 Å². The Kier molecular flexibility index (Phi) is 6.55. The third kappa shape index (κ3) is 4.38. The molecule has 1 heterocycles. The molecule has 1 fully saturated rings. The molecule has 0 saturated carbocycles. The van der Waals surface area contributed by atoms with E-state index in [0.29, 0.717) is 17.1 Å². The van der Waals surface area contributed by atoms with Crippen LogP contribution in [0.25, 0.3) is 0 Å². The average Bonchev–Trinajstić information content (AvgIpc) is 2.97. The van der Waals surface area contributed by atoms with Crippen molar-refractivity contribution < 1.29 is 17.9 Å². The van der Waals surface area contributed by atoms with Crippen LogP contribution in [0, 0.1) is 18.8 Å². The number of allylic oxidation sites excluding steroid dienone is 2. The zero-order valence-electron chi connectivity index (χ0n) is 17.2. The van der Waals surface area contributed by atoms with E-state index in [1.807, 2.05) is 46.8 Å². The van der Waals surface area contributed by atoms with Gasteiger partial charge in [0.05, 0.1) is 4.90 Å². The number of amides is 1. The maximum atomic E-state index is 13.3. The largest absolute Gasteiger partial charge is 0.442 e. The van der Waals surface area contributed by atoms with Crippen LogP contribution in [-0.4, -0.2) is 31.0 Å². The van der Waals surface area contributed by atoms with Crippen molar-refractivity contribution in [2.24, 2.45) is 11.8 Å². The second kappa shape index (κ2) is 8.35. The first-order valence-electron chi connectivity index (χ1n) is 9.34. The van der Waals surface area contributed by atoms with Crippen molar-refractivity contribution in [1.82, 2.24) is 4.31 Å². The number of hydrogen-bond donors (Lipinski definition) is 0. The molecule has 2 rings (SSSR count). The first-order valence-corrected chi connectivity index (χ1v) is 10.8. The van der Waals surface area contributed by atoms with Crippen molar-refractivity contribution in [3.05, 3.63) is 66.3 Å². The molecule has 5 nitrogen and oxygen atoms in total. The highest BCUT2D eigenvalue weighted by molar-refractivity contribution is 7.89. The van der Waals surface area contributed by atoms with Crippen LogP contribution in [0.5, 0.6) is 0 Å². The molecular formula is C22H29NO4S. The smallest absolute Gasteiger partial charge is 0.424 e. The predicted octanol–water partition coefficient (Wildman–Crippen LogP) is 4.85. The fourth-order valence-corrected chi connectivity index (χ4v) is 4.49. The second-order valence-corrected chi connectivity index (χ2v) is 9.62. The Hall–Kier alpha value is -2.34. The molecule has 28 heavy (non-hydrogen) atoms. The van der Waals surface area contributed by atoms with Crippen molar-refractivity contribution in [2.75, 3.05) is 0 Å². The van der Waals surface area contributed by atoms with Gasteiger partial charge in [0, 0.05) is 0 Å². The summed E-state index contributed by atoms with van der Waals surface area (Å²) < 4.78 is 32.8. The third-order valence-corrected chi connectivity index (χ3v) is 6.43. The number of hydrogen-bond acceptors (Lipinski definition) is 4. The lowest BCUT2D eigenvalue weighted by molar-refractivity contribution is 0.107. The summed E-state index contributed by atoms with van der Waals surface area (Å²) in [7, 11) is -4.10. The third-order valence-electron chi connectivity index (χ3n) is 4.67. The molecule has 0 N–H and O–H groups in total. The van der Waals surface area contributed by atoms with Crippen molar-refractivity contribution in [2.45, 2.75) is 51.7 Å². The zero-order valence-corrected chi connectivity index (χ0v) is 18.0. The minimum Gasteiger partial charge on any atom is -0.442 e. The molecule has 0 radical (unpaired) electrons. The molecule has 6 heteroatoms. The molecule has 1 saturated heterocycles. The Bertz CT molecular complexity index is 895. The molecule has 2 atom stereocenters. The lowest BCUT2D eigenvalue weighted by Crippen LogP contribution is -2.43. The quantitative estimate of drug-likeness (QED) is 0.610. The number of ether oxygens (including phenoxy) is 1. The van der Waals surface area contributed by atoms with Crippen LogP contribution >= 0.6 is 0 Å². The fraction of sp³-hybridized carbons (Fsp3) is 0.409. The van der Waals surface area contributed by atoms with Crippen LogP contribution in [0.2, 0.25) is 0 Å². The summed E-state index contributed by atoms with van der Waals surface area (Å²) in [6, 6.07) is 5.54. The SMILES string of the molecule is C=C(/C=C/C(C)C)C(=C)[C@H]1[C@H](C(C)C)OC(=O)N1S(=O)(=O)c1ccc(C)cc1. The van der Waals surface area contributed by atoms with E-state index in [1.54, 1.807) is 12.1 Å². The molecule has 1 amide bonds. The minimum absolute atomic E-state index is 0.0422. The summed E-state index contributed by atoms with van der Waals surface area (Å²) in [4.78, 5) is 12.7. The Morgan fingerprint density at radius 1 is 1.14 bits per heavy atom. The van der Waals surface area contributed by atoms with E-state index in [2.05, 4.69) is 13.2 Å². The van der Waals surface area contributed by atoms with E-state index >= 15 is 0 Å². The van der Waals surface area contributed by atoms with Gasteiger partial charge in [0.15, 0.2) is 0 Å². The second-order valence-electron chi connectivity index (χ2n) is 7.80. The van der Waals surface area contributed by atoms with Gasteiger partial charge >= 0.3 is 6.09 Å². The van der Waals surface area contributed by atoms with Crippen molar-refractivity contribution in [1.29, 1.82) is 0 Å². The van der Waals surface area contributed by atoms with Crippen LogP contribution in [0.1, 0.15) is 33.3 Å². The molecule has 1 aromatic carbocycles. The molecular weight excluding hydrogens is 374 g/mol. The van der Waals surface area contributed by atoms with E-state index < -0.39 is 28.3 Å². The molecule has 1 aromatic rings. The molecule has 0 aromatic heterocycles. The summed E-state index contributed by atoms with van der Waals surface area (Å²) in [5.74, 6) is 0.213. The fourth-order valence-electron chi connectivity index (χ4n) is 3.00. The number of sulfonamides is 1. The maximum Gasteiger partial charge on any atom is 0.424 e. The van der Waals surface area contributed by atoms with Crippen LogP contribution in [0.3, 0.4) is 0 Å². The van der Waals surface area contributed by atoms with E-state index in [9.17, 15) is 13.2 Å². The number of carbonyl (C=O) groups excluding carboxylic acids is 1. The number of carbonyl (C=O) groups is 1. The van der Waals surface area contributed by atoms with Gasteiger partial charge in [-0.25, -0.2) is 13.2 Å². The molecule has 0 aliphatic carbocycles. The predicted molar refractivity (Wildman–Crippen MR) is 111 cm³/mol. The van der Waals surface area contributed by atoms with Gasteiger partial charge in [0.2, 0.25) is 0 Å². The van der Waals surface area contributed by atoms with Gasteiger partial charge < -0.3 is 4.74 Å². The van der Waals surface area contributed by atoms with Gasteiger partial charge in [-0.1, -0.05) is 70.7 Å². The number of rotatable bonds is 7. The Balaban J connectivity index is 2.50. The molecule has 0 unspecified atom stereocenters. The monoisotopic (exact) mass is 403 g/mol. The lowest BCUT2D eigenvalue weighted by atomic mass is 9.91. The lowest BCUT2D eigenvalue weighted by Gasteiger charge is -2.28. The van der Waals surface area contributed by atoms with E-state index in [0.717, 1.165) is 9.87 Å². The van der Waals surface area contributed by atoms with Crippen LogP contribution in [-0.2, 0) is 14.8 Å². The topological polar surface area (TPSA) is 63.7 Å². The summed E-state index contributed by atoms with van der Waals surface area (Å²) in [6.07, 6.45) is 2.24. The van der Waals surface area contributed by atoms with E-state index in [4.69, 9.17) is 4.74 Å². The van der Waals surface area contributed by atoms with Gasteiger partial charge in [-0.3, -0.25) is 0 Å². The normalized spacial score (nSPS) is 20.2. The van der Waals surface area contributed by atoms with Crippen LogP contribution in [0.4, 0.5) is 4.79 Å². The van der Waals surface area contributed by atoms with Gasteiger partial charge in [-0.2, -0.15) is 4.31 Å². The van der Waals surface area contributed by atoms with E-state index in [-0.39, 0.29) is 10.8 Å². The zero-order chi connectivity index (χ0) is 21.2. The Labute approximate surface area is 168 Å². The summed E-state index contributed by atoms with van der Waals surface area (Å²) >= 11 is 0. The summed E-state index contributed by atoms with van der Waals surface area (Å²) in [5.41, 5.74) is 1.96. The molecule has 0 spiro atoms. The highest BCUT2D eigenvalue weighted by Crippen LogP contribution is 2.36. The molecule has 0 bridgehead atoms. The van der Waals surface area contributed by atoms with Gasteiger partial charge in [0.1, 0.15) is 12.1 Å². The van der Waals surface area contributed by atoms with Crippen molar-refractivity contribution >= 4 is 16.1 Å². The first-order chi connectivity index (χ1) is 13.0. The number of aryl methyl sites for hydroxylation is 1. The highest BCUT2D eigenvalue weighted by atomic mass is 32.2. The van der Waals surface area contributed by atoms with Gasteiger partial charge in [-0.15, -0.1) is 0 Å². The highest BCUT2D eigenvalue weighted by Gasteiger charge is 2.51. The summed E-state index contributed by atoms with van der Waals surface area (Å²) in [5, 5.41) is 0. The van der Waals surface area contributed by atoms with Gasteiger partial charge in [-0.05, 0) is 42.0 Å². The molecule has 152 valence electrons. The van der Waals surface area contributed by atoms with Crippen LogP contribution in [0.15, 0.2) is 65.6 Å². The Morgan fingerprint density at radius 3 is 2.21 bits per heavy atom. The number of benzene rings is 1. The number of cyclic esters (lactones) is 1. The average molecular weight is 404 g/mol. The molecule has 1 aliphatic heterocycles. The van der Waals surface area contributed by atoms with Crippen LogP contribution < -0.4 is 0 Å². The first kappa shape index (κ1) is 22.0. The standard InChI is InChI=1S/C22H29NO4S/c1-14(2)8-11-17(6)18(7)20-21(15(3)4)27-22(24)23(20)28(25,26)19-12-9-16(5)10-13-19/h8-15,20-21H,6-7H2,1-5H3/b11-8+/t20-,21-/m0/s1. The van der Waals surface area contributed by atoms with Crippen molar-refractivity contribution in [3.63, 3.8) is 0 Å². The maximum absolute atomic E-state index is 13.3. The molecule has 1 aliphatic rings. The van der Waals surface area contributed by atoms with Gasteiger partial charge in [0.25, 0.3) is 10.0 Å². The Morgan fingerprint density at radius 2 is 1.71 bits per heavy atom.